The molecule has 0 radical (unpaired) electrons. The van der Waals surface area contributed by atoms with E-state index in [0.717, 1.165) is 0 Å². The fourth-order valence-corrected chi connectivity index (χ4v) is 1.91. The lowest BCUT2D eigenvalue weighted by atomic mass is 10.0. The molecule has 0 unspecified atom stereocenters. The molecule has 1 heterocycles. The van der Waals surface area contributed by atoms with Crippen LogP contribution in [0.3, 0.4) is 0 Å². The number of methoxy groups -OCH3 is 1. The van der Waals surface area contributed by atoms with Gasteiger partial charge >= 0.3 is 11.9 Å². The Kier molecular flexibility index (Phi) is 7.75. The highest BCUT2D eigenvalue weighted by Crippen LogP contribution is 2.11. The van der Waals surface area contributed by atoms with Gasteiger partial charge in [-0.3, -0.25) is 9.59 Å². The van der Waals surface area contributed by atoms with Gasteiger partial charge in [0.25, 0.3) is 0 Å². The Hall–Kier alpha value is -1.62. The molecule has 0 N–H and O–H groups in total. The highest BCUT2D eigenvalue weighted by molar-refractivity contribution is 5.71. The summed E-state index contributed by atoms with van der Waals surface area (Å²) >= 11 is 0. The van der Waals surface area contributed by atoms with Crippen molar-refractivity contribution >= 4 is 11.9 Å². The molecule has 1 aliphatic rings. The zero-order valence-corrected chi connectivity index (χ0v) is 12.9. The number of carbonyl (C=O) groups excluding carboxylic acids is 2. The van der Waals surface area contributed by atoms with Crippen LogP contribution in [0.25, 0.3) is 0 Å². The molecule has 0 fully saturated rings. The summed E-state index contributed by atoms with van der Waals surface area (Å²) in [4.78, 5) is 23.2. The molecule has 5 heteroatoms. The first-order valence-electron chi connectivity index (χ1n) is 7.20. The van der Waals surface area contributed by atoms with E-state index in [0.29, 0.717) is 6.61 Å². The van der Waals surface area contributed by atoms with Gasteiger partial charge in [-0.1, -0.05) is 38.2 Å². The van der Waals surface area contributed by atoms with E-state index in [1.54, 1.807) is 19.3 Å². The molecular formula is C16H24O5. The van der Waals surface area contributed by atoms with E-state index >= 15 is 0 Å². The van der Waals surface area contributed by atoms with Crippen LogP contribution in [0.2, 0.25) is 0 Å². The summed E-state index contributed by atoms with van der Waals surface area (Å²) in [6.07, 6.45) is 7.44. The van der Waals surface area contributed by atoms with Crippen molar-refractivity contribution in [1.29, 1.82) is 0 Å². The number of esters is 2. The van der Waals surface area contributed by atoms with E-state index in [2.05, 4.69) is 0 Å². The van der Waals surface area contributed by atoms with Crippen molar-refractivity contribution in [2.45, 2.75) is 32.8 Å². The van der Waals surface area contributed by atoms with Crippen LogP contribution in [-0.4, -0.2) is 38.4 Å². The Balaban J connectivity index is 2.72. The zero-order chi connectivity index (χ0) is 15.7. The van der Waals surface area contributed by atoms with E-state index in [4.69, 9.17) is 14.2 Å². The van der Waals surface area contributed by atoms with Crippen molar-refractivity contribution in [3.63, 3.8) is 0 Å². The molecule has 21 heavy (non-hydrogen) atoms. The quantitative estimate of drug-likeness (QED) is 0.548. The van der Waals surface area contributed by atoms with Crippen LogP contribution in [0.5, 0.6) is 0 Å². The monoisotopic (exact) mass is 296 g/mol. The van der Waals surface area contributed by atoms with Gasteiger partial charge in [0, 0.05) is 18.9 Å². The first-order valence-corrected chi connectivity index (χ1v) is 7.20. The van der Waals surface area contributed by atoms with E-state index in [9.17, 15) is 9.59 Å². The second kappa shape index (κ2) is 9.34. The summed E-state index contributed by atoms with van der Waals surface area (Å²) in [5.41, 5.74) is 0. The lowest BCUT2D eigenvalue weighted by Gasteiger charge is -2.19. The Morgan fingerprint density at radius 2 is 1.57 bits per heavy atom. The van der Waals surface area contributed by atoms with Crippen molar-refractivity contribution in [3.05, 3.63) is 24.3 Å². The Labute approximate surface area is 125 Å². The molecule has 0 aromatic carbocycles. The fraction of sp³-hybridized carbons (Fsp3) is 0.625. The van der Waals surface area contributed by atoms with E-state index in [-0.39, 0.29) is 49.3 Å². The standard InChI is InChI=1S/C16H24O5/c1-12-6-4-8-16(18)21-11-14(19-3)13(2)7-5-9-15(17)20-10-12/h4-7,12-14H,8-11H2,1-3H3/b6-4+,7-5+/t12-,13+,14+/m0/s1. The van der Waals surface area contributed by atoms with Gasteiger partial charge in [-0.2, -0.15) is 0 Å². The first-order chi connectivity index (χ1) is 10.0. The summed E-state index contributed by atoms with van der Waals surface area (Å²) in [5.74, 6) is -0.435. The summed E-state index contributed by atoms with van der Waals surface area (Å²) in [6, 6.07) is 0. The predicted molar refractivity (Wildman–Crippen MR) is 78.6 cm³/mol. The second-order valence-electron chi connectivity index (χ2n) is 5.24. The zero-order valence-electron chi connectivity index (χ0n) is 12.9. The first kappa shape index (κ1) is 17.4. The molecule has 118 valence electrons. The third-order valence-electron chi connectivity index (χ3n) is 3.28. The van der Waals surface area contributed by atoms with Gasteiger partial charge < -0.3 is 14.2 Å². The van der Waals surface area contributed by atoms with Gasteiger partial charge in [0.1, 0.15) is 6.61 Å². The van der Waals surface area contributed by atoms with Crippen LogP contribution in [0.1, 0.15) is 26.7 Å². The van der Waals surface area contributed by atoms with Crippen LogP contribution >= 0.6 is 0 Å². The maximum absolute atomic E-state index is 11.6. The topological polar surface area (TPSA) is 61.8 Å². The third-order valence-corrected chi connectivity index (χ3v) is 3.28. The normalized spacial score (nSPS) is 32.2. The lowest BCUT2D eigenvalue weighted by Crippen LogP contribution is -2.26. The molecule has 0 spiro atoms. The molecule has 5 nitrogen and oxygen atoms in total. The van der Waals surface area contributed by atoms with Crippen molar-refractivity contribution in [3.8, 4) is 0 Å². The number of rotatable bonds is 1. The van der Waals surface area contributed by atoms with Crippen LogP contribution in [0.15, 0.2) is 24.3 Å². The molecule has 0 aliphatic carbocycles. The minimum absolute atomic E-state index is 0.0372. The SMILES string of the molecule is CO[C@@H]1COC(=O)C/C=C/[C@H](C)COC(=O)C/C=C/[C@H]1C. The highest BCUT2D eigenvalue weighted by atomic mass is 16.6. The minimum atomic E-state index is -0.288. The van der Waals surface area contributed by atoms with E-state index < -0.39 is 0 Å². The largest absolute Gasteiger partial charge is 0.465 e. The van der Waals surface area contributed by atoms with Crippen LogP contribution in [0, 0.1) is 11.8 Å². The van der Waals surface area contributed by atoms with Crippen molar-refractivity contribution in [1.82, 2.24) is 0 Å². The van der Waals surface area contributed by atoms with Gasteiger partial charge in [0.05, 0.1) is 25.6 Å². The van der Waals surface area contributed by atoms with Gasteiger partial charge in [0.2, 0.25) is 0 Å². The second-order valence-corrected chi connectivity index (χ2v) is 5.24. The Morgan fingerprint density at radius 3 is 2.19 bits per heavy atom. The number of ether oxygens (including phenoxy) is 3. The molecule has 0 bridgehead atoms. The molecule has 0 saturated carbocycles. The van der Waals surface area contributed by atoms with Crippen LogP contribution in [0.4, 0.5) is 0 Å². The van der Waals surface area contributed by atoms with Crippen LogP contribution < -0.4 is 0 Å². The van der Waals surface area contributed by atoms with Gasteiger partial charge in [-0.15, -0.1) is 0 Å². The average Bonchev–Trinajstić information content (AvgIpc) is 2.45. The highest BCUT2D eigenvalue weighted by Gasteiger charge is 2.17. The molecule has 3 atom stereocenters. The summed E-state index contributed by atoms with van der Waals surface area (Å²) in [6.45, 7) is 4.39. The molecular weight excluding hydrogens is 272 g/mol. The summed E-state index contributed by atoms with van der Waals surface area (Å²) in [5, 5.41) is 0. The van der Waals surface area contributed by atoms with E-state index in [1.807, 2.05) is 26.0 Å². The fourth-order valence-electron chi connectivity index (χ4n) is 1.91. The maximum atomic E-state index is 11.6. The molecule has 0 amide bonds. The smallest absolute Gasteiger partial charge is 0.309 e. The van der Waals surface area contributed by atoms with Crippen molar-refractivity contribution in [2.75, 3.05) is 20.3 Å². The minimum Gasteiger partial charge on any atom is -0.465 e. The van der Waals surface area contributed by atoms with Crippen molar-refractivity contribution < 1.29 is 23.8 Å². The molecule has 1 rings (SSSR count). The van der Waals surface area contributed by atoms with Gasteiger partial charge in [-0.25, -0.2) is 0 Å². The third kappa shape index (κ3) is 7.09. The maximum Gasteiger partial charge on any atom is 0.309 e. The molecule has 0 aromatic heterocycles. The average molecular weight is 296 g/mol. The van der Waals surface area contributed by atoms with Gasteiger partial charge in [-0.05, 0) is 0 Å². The molecule has 0 saturated heterocycles. The molecule has 0 aromatic rings. The van der Waals surface area contributed by atoms with Crippen LogP contribution in [-0.2, 0) is 23.8 Å². The number of carbonyl (C=O) groups is 2. The van der Waals surface area contributed by atoms with E-state index in [1.165, 1.54) is 0 Å². The van der Waals surface area contributed by atoms with Crippen molar-refractivity contribution in [2.24, 2.45) is 11.8 Å². The Bertz CT molecular complexity index is 399. The lowest BCUT2D eigenvalue weighted by molar-refractivity contribution is -0.147. The van der Waals surface area contributed by atoms with Gasteiger partial charge in [0.15, 0.2) is 0 Å². The number of hydrogen-bond donors (Lipinski definition) is 0. The summed E-state index contributed by atoms with van der Waals surface area (Å²) < 4.78 is 15.7. The predicted octanol–water partition coefficient (Wildman–Crippen LogP) is 2.27. The number of cyclic esters (lactones) is 2. The summed E-state index contributed by atoms with van der Waals surface area (Å²) in [7, 11) is 1.58. The Morgan fingerprint density at radius 1 is 1.00 bits per heavy atom. The molecule has 1 aliphatic heterocycles. The number of hydrogen-bond acceptors (Lipinski definition) is 5.